The van der Waals surface area contributed by atoms with Gasteiger partial charge in [0.25, 0.3) is 0 Å². The first kappa shape index (κ1) is 18.4. The number of hydrogen-bond acceptors (Lipinski definition) is 3. The lowest BCUT2D eigenvalue weighted by Crippen LogP contribution is -2.28. The molecule has 0 atom stereocenters. The SMILES string of the molecule is CCn1cc(Cl)c(CNC(=S)Nc2cc(C)ccc2OC(F)F)n1. The van der Waals surface area contributed by atoms with Gasteiger partial charge in [0.05, 0.1) is 17.3 Å². The molecule has 1 aromatic heterocycles. The molecule has 130 valence electrons. The van der Waals surface area contributed by atoms with Crippen LogP contribution in [0.2, 0.25) is 5.02 Å². The van der Waals surface area contributed by atoms with Crippen molar-refractivity contribution in [2.45, 2.75) is 33.5 Å². The smallest absolute Gasteiger partial charge is 0.387 e. The Morgan fingerprint density at radius 2 is 2.21 bits per heavy atom. The molecule has 9 heteroatoms. The number of nitrogens with zero attached hydrogens (tertiary/aromatic N) is 2. The highest BCUT2D eigenvalue weighted by molar-refractivity contribution is 7.80. The van der Waals surface area contributed by atoms with Gasteiger partial charge in [0.2, 0.25) is 0 Å². The normalized spacial score (nSPS) is 10.8. The van der Waals surface area contributed by atoms with Crippen LogP contribution in [0.25, 0.3) is 0 Å². The summed E-state index contributed by atoms with van der Waals surface area (Å²) >= 11 is 11.3. The summed E-state index contributed by atoms with van der Waals surface area (Å²) in [6.45, 7) is 1.90. The minimum atomic E-state index is -2.91. The Morgan fingerprint density at radius 1 is 1.46 bits per heavy atom. The molecule has 0 radical (unpaired) electrons. The fourth-order valence-corrected chi connectivity index (χ4v) is 2.39. The van der Waals surface area contributed by atoms with E-state index in [1.807, 2.05) is 13.8 Å². The van der Waals surface area contributed by atoms with Crippen LogP contribution < -0.4 is 15.4 Å². The van der Waals surface area contributed by atoms with Crippen molar-refractivity contribution in [2.75, 3.05) is 5.32 Å². The number of alkyl halides is 2. The first-order valence-corrected chi connectivity index (χ1v) is 7.99. The van der Waals surface area contributed by atoms with Crippen LogP contribution in [0.5, 0.6) is 5.75 Å². The molecular weight excluding hydrogens is 358 g/mol. The third-order valence-corrected chi connectivity index (χ3v) is 3.69. The van der Waals surface area contributed by atoms with Crippen molar-refractivity contribution in [3.05, 3.63) is 40.7 Å². The molecule has 0 saturated heterocycles. The van der Waals surface area contributed by atoms with Crippen molar-refractivity contribution in [1.29, 1.82) is 0 Å². The van der Waals surface area contributed by atoms with Crippen molar-refractivity contribution >= 4 is 34.6 Å². The number of rotatable bonds is 6. The number of benzene rings is 1. The Bertz CT molecular complexity index is 723. The predicted molar refractivity (Wildman–Crippen MR) is 93.8 cm³/mol. The molecule has 2 N–H and O–H groups in total. The second-order valence-corrected chi connectivity index (χ2v) is 5.78. The number of hydrogen-bond donors (Lipinski definition) is 2. The number of halogens is 3. The van der Waals surface area contributed by atoms with Gasteiger partial charge in [-0.05, 0) is 43.8 Å². The van der Waals surface area contributed by atoms with E-state index in [2.05, 4.69) is 20.5 Å². The summed E-state index contributed by atoms with van der Waals surface area (Å²) in [6, 6.07) is 4.81. The number of thiocarbonyl (C=S) groups is 1. The van der Waals surface area contributed by atoms with E-state index in [1.165, 1.54) is 6.07 Å². The fraction of sp³-hybridized carbons (Fsp3) is 0.333. The molecule has 1 heterocycles. The van der Waals surface area contributed by atoms with Crippen molar-refractivity contribution in [3.63, 3.8) is 0 Å². The number of anilines is 1. The van der Waals surface area contributed by atoms with Gasteiger partial charge in [-0.2, -0.15) is 13.9 Å². The molecule has 0 aliphatic rings. The highest BCUT2D eigenvalue weighted by atomic mass is 35.5. The monoisotopic (exact) mass is 374 g/mol. The van der Waals surface area contributed by atoms with Gasteiger partial charge in [0, 0.05) is 12.7 Å². The Balaban J connectivity index is 2.01. The average Bonchev–Trinajstić information content (AvgIpc) is 2.88. The maximum Gasteiger partial charge on any atom is 0.387 e. The topological polar surface area (TPSA) is 51.1 Å². The van der Waals surface area contributed by atoms with Crippen LogP contribution in [0.4, 0.5) is 14.5 Å². The molecule has 0 amide bonds. The summed E-state index contributed by atoms with van der Waals surface area (Å²) in [6.07, 6.45) is 1.73. The molecule has 0 aliphatic carbocycles. The Hall–Kier alpha value is -1.93. The fourth-order valence-electron chi connectivity index (χ4n) is 1.99. The highest BCUT2D eigenvalue weighted by Crippen LogP contribution is 2.27. The lowest BCUT2D eigenvalue weighted by atomic mass is 10.2. The Labute approximate surface area is 148 Å². The molecule has 2 aromatic rings. The molecule has 0 aliphatic heterocycles. The molecule has 0 bridgehead atoms. The number of aryl methyl sites for hydroxylation is 2. The van der Waals surface area contributed by atoms with Crippen LogP contribution in [0.3, 0.4) is 0 Å². The molecule has 1 aromatic carbocycles. The standard InChI is InChI=1S/C15H17ClF2N4OS/c1-3-22-8-10(16)12(21-22)7-19-15(24)20-11-6-9(2)4-5-13(11)23-14(17)18/h4-6,8,14H,3,7H2,1-2H3,(H2,19,20,24). The van der Waals surface area contributed by atoms with Gasteiger partial charge in [-0.3, -0.25) is 4.68 Å². The zero-order valence-electron chi connectivity index (χ0n) is 13.1. The van der Waals surface area contributed by atoms with Crippen LogP contribution in [0.1, 0.15) is 18.2 Å². The lowest BCUT2D eigenvalue weighted by Gasteiger charge is -2.14. The summed E-state index contributed by atoms with van der Waals surface area (Å²) in [7, 11) is 0. The van der Waals surface area contributed by atoms with E-state index in [0.29, 0.717) is 29.5 Å². The number of nitrogens with one attached hydrogen (secondary N) is 2. The first-order valence-electron chi connectivity index (χ1n) is 7.21. The van der Waals surface area contributed by atoms with Gasteiger partial charge in [0.1, 0.15) is 11.4 Å². The van der Waals surface area contributed by atoms with E-state index in [4.69, 9.17) is 23.8 Å². The van der Waals surface area contributed by atoms with Crippen molar-refractivity contribution in [3.8, 4) is 5.75 Å². The Morgan fingerprint density at radius 3 is 2.83 bits per heavy atom. The number of aromatic nitrogens is 2. The first-order chi connectivity index (χ1) is 11.4. The van der Waals surface area contributed by atoms with Crippen LogP contribution in [0.15, 0.2) is 24.4 Å². The summed E-state index contributed by atoms with van der Waals surface area (Å²) in [5.41, 5.74) is 1.89. The highest BCUT2D eigenvalue weighted by Gasteiger charge is 2.12. The maximum absolute atomic E-state index is 12.5. The van der Waals surface area contributed by atoms with E-state index >= 15 is 0 Å². The van der Waals surface area contributed by atoms with E-state index in [9.17, 15) is 8.78 Å². The van der Waals surface area contributed by atoms with Crippen LogP contribution in [-0.4, -0.2) is 21.5 Å². The summed E-state index contributed by atoms with van der Waals surface area (Å²) < 4.78 is 31.1. The summed E-state index contributed by atoms with van der Waals surface area (Å²) in [4.78, 5) is 0. The molecule has 2 rings (SSSR count). The molecular formula is C15H17ClF2N4OS. The molecule has 0 fully saturated rings. The summed E-state index contributed by atoms with van der Waals surface area (Å²) in [5.74, 6) is 0.0213. The third-order valence-electron chi connectivity index (χ3n) is 3.13. The molecule has 0 unspecified atom stereocenters. The Kier molecular flexibility index (Phi) is 6.33. The van der Waals surface area contributed by atoms with Crippen LogP contribution in [0, 0.1) is 6.92 Å². The van der Waals surface area contributed by atoms with E-state index < -0.39 is 6.61 Å². The maximum atomic E-state index is 12.5. The van der Waals surface area contributed by atoms with Crippen molar-refractivity contribution in [1.82, 2.24) is 15.1 Å². The molecule has 0 saturated carbocycles. The zero-order valence-corrected chi connectivity index (χ0v) is 14.7. The zero-order chi connectivity index (χ0) is 17.7. The average molecular weight is 375 g/mol. The van der Waals surface area contributed by atoms with E-state index in [1.54, 1.807) is 23.0 Å². The largest absolute Gasteiger partial charge is 0.433 e. The minimum absolute atomic E-state index is 0.0213. The van der Waals surface area contributed by atoms with Gasteiger partial charge < -0.3 is 15.4 Å². The van der Waals surface area contributed by atoms with Gasteiger partial charge in [-0.25, -0.2) is 0 Å². The van der Waals surface area contributed by atoms with E-state index in [0.717, 1.165) is 5.56 Å². The predicted octanol–water partition coefficient (Wildman–Crippen LogP) is 3.95. The minimum Gasteiger partial charge on any atom is -0.433 e. The van der Waals surface area contributed by atoms with Crippen LogP contribution in [-0.2, 0) is 13.1 Å². The van der Waals surface area contributed by atoms with E-state index in [-0.39, 0.29) is 10.9 Å². The third kappa shape index (κ3) is 5.04. The van der Waals surface area contributed by atoms with Gasteiger partial charge in [-0.1, -0.05) is 17.7 Å². The lowest BCUT2D eigenvalue weighted by molar-refractivity contribution is -0.0493. The summed E-state index contributed by atoms with van der Waals surface area (Å²) in [5, 5.41) is 10.9. The van der Waals surface area contributed by atoms with Gasteiger partial charge in [-0.15, -0.1) is 0 Å². The second-order valence-electron chi connectivity index (χ2n) is 4.97. The molecule has 0 spiro atoms. The number of ether oxygens (including phenoxy) is 1. The van der Waals surface area contributed by atoms with Crippen LogP contribution >= 0.6 is 23.8 Å². The van der Waals surface area contributed by atoms with Gasteiger partial charge >= 0.3 is 6.61 Å². The van der Waals surface area contributed by atoms with Gasteiger partial charge in [0.15, 0.2) is 5.11 Å². The molecule has 24 heavy (non-hydrogen) atoms. The van der Waals surface area contributed by atoms with Crippen molar-refractivity contribution in [2.24, 2.45) is 0 Å². The quantitative estimate of drug-likeness (QED) is 0.750. The molecule has 5 nitrogen and oxygen atoms in total. The second kappa shape index (κ2) is 8.25. The van der Waals surface area contributed by atoms with Crippen molar-refractivity contribution < 1.29 is 13.5 Å².